The van der Waals surface area contributed by atoms with Crippen LogP contribution in [0.2, 0.25) is 0 Å². The minimum Gasteiger partial charge on any atom is -0.309 e. The normalized spacial score (nSPS) is 11.8. The molecular weight excluding hydrogens is 741 g/mol. The topological polar surface area (TPSA) is 27.7 Å². The van der Waals surface area contributed by atoms with Gasteiger partial charge in [-0.15, -0.1) is 0 Å². The van der Waals surface area contributed by atoms with E-state index in [1.807, 2.05) is 0 Å². The lowest BCUT2D eigenvalue weighted by Gasteiger charge is -2.18. The van der Waals surface area contributed by atoms with Crippen LogP contribution in [-0.2, 0) is 0 Å². The van der Waals surface area contributed by atoms with E-state index in [2.05, 4.69) is 234 Å². The Balaban J connectivity index is 1.20. The molecule has 12 aromatic rings. The molecule has 0 N–H and O–H groups in total. The third kappa shape index (κ3) is 5.57. The maximum Gasteiger partial charge on any atom is 0.145 e. The molecule has 288 valence electrons. The zero-order chi connectivity index (χ0) is 40.6. The molecule has 0 saturated heterocycles. The van der Waals surface area contributed by atoms with Crippen LogP contribution in [0.15, 0.2) is 206 Å². The Bertz CT molecular complexity index is 3420. The molecule has 3 aromatic heterocycles. The number of aryl methyl sites for hydroxylation is 2. The van der Waals surface area contributed by atoms with Gasteiger partial charge < -0.3 is 9.13 Å². The van der Waals surface area contributed by atoms with Gasteiger partial charge in [-0.2, -0.15) is 0 Å². The predicted octanol–water partition coefficient (Wildman–Crippen LogP) is 14.8. The minimum atomic E-state index is 0.905. The van der Waals surface area contributed by atoms with E-state index in [1.54, 1.807) is 0 Å². The summed E-state index contributed by atoms with van der Waals surface area (Å²) in [4.78, 5) is 5.38. The summed E-state index contributed by atoms with van der Waals surface area (Å²) in [5.41, 5.74) is 18.2. The molecule has 0 radical (unpaired) electrons. The number of para-hydroxylation sites is 7. The molecule has 3 heterocycles. The Hall–Kier alpha value is -7.95. The second-order valence-electron chi connectivity index (χ2n) is 16.1. The Kier molecular flexibility index (Phi) is 7.94. The van der Waals surface area contributed by atoms with Gasteiger partial charge in [0.05, 0.1) is 33.1 Å². The van der Waals surface area contributed by atoms with E-state index in [9.17, 15) is 0 Å². The van der Waals surface area contributed by atoms with Crippen LogP contribution in [0.3, 0.4) is 0 Å². The highest BCUT2D eigenvalue weighted by Gasteiger charge is 2.21. The van der Waals surface area contributed by atoms with Gasteiger partial charge in [0.1, 0.15) is 5.82 Å². The number of nitrogens with zero attached hydrogens (tertiary/aromatic N) is 4. The maximum absolute atomic E-state index is 5.38. The first-order valence-electron chi connectivity index (χ1n) is 21.0. The molecule has 4 nitrogen and oxygen atoms in total. The third-order valence-corrected chi connectivity index (χ3v) is 12.4. The highest BCUT2D eigenvalue weighted by molar-refractivity contribution is 6.11. The van der Waals surface area contributed by atoms with Crippen LogP contribution in [0.5, 0.6) is 0 Å². The van der Waals surface area contributed by atoms with Gasteiger partial charge in [0.15, 0.2) is 0 Å². The first kappa shape index (κ1) is 35.0. The highest BCUT2D eigenvalue weighted by Crippen LogP contribution is 2.41. The molecule has 0 atom stereocenters. The van der Waals surface area contributed by atoms with Gasteiger partial charge >= 0.3 is 0 Å². The van der Waals surface area contributed by atoms with Crippen LogP contribution in [0.25, 0.3) is 105 Å². The smallest absolute Gasteiger partial charge is 0.145 e. The van der Waals surface area contributed by atoms with Gasteiger partial charge in [-0.05, 0) is 132 Å². The zero-order valence-corrected chi connectivity index (χ0v) is 33.9. The number of imidazole rings is 1. The lowest BCUT2D eigenvalue weighted by Crippen LogP contribution is -2.01. The summed E-state index contributed by atoms with van der Waals surface area (Å²) in [6.07, 6.45) is 0. The van der Waals surface area contributed by atoms with Crippen molar-refractivity contribution in [1.29, 1.82) is 0 Å². The summed E-state index contributed by atoms with van der Waals surface area (Å²) in [7, 11) is 0. The van der Waals surface area contributed by atoms with Crippen LogP contribution in [-0.4, -0.2) is 18.7 Å². The van der Waals surface area contributed by atoms with E-state index < -0.39 is 0 Å². The van der Waals surface area contributed by atoms with Crippen molar-refractivity contribution in [3.8, 4) is 50.7 Å². The monoisotopic (exact) mass is 780 g/mol. The van der Waals surface area contributed by atoms with E-state index in [0.29, 0.717) is 0 Å². The van der Waals surface area contributed by atoms with Gasteiger partial charge in [0, 0.05) is 44.2 Å². The summed E-state index contributed by atoms with van der Waals surface area (Å²) in [6, 6.07) is 74.9. The maximum atomic E-state index is 5.38. The van der Waals surface area contributed by atoms with Gasteiger partial charge in [-0.3, -0.25) is 4.57 Å². The fourth-order valence-corrected chi connectivity index (χ4v) is 9.82. The van der Waals surface area contributed by atoms with Gasteiger partial charge in [-0.25, -0.2) is 4.98 Å². The van der Waals surface area contributed by atoms with Crippen molar-refractivity contribution in [2.24, 2.45) is 0 Å². The van der Waals surface area contributed by atoms with Crippen molar-refractivity contribution in [3.05, 3.63) is 217 Å². The van der Waals surface area contributed by atoms with E-state index in [1.165, 1.54) is 60.3 Å². The molecule has 0 aliphatic rings. The van der Waals surface area contributed by atoms with E-state index >= 15 is 0 Å². The average Bonchev–Trinajstić information content (AvgIpc) is 3.97. The summed E-state index contributed by atoms with van der Waals surface area (Å²) in [5.74, 6) is 0.905. The zero-order valence-electron chi connectivity index (χ0n) is 33.9. The first-order valence-corrected chi connectivity index (χ1v) is 21.0. The Morgan fingerprint density at radius 3 is 1.28 bits per heavy atom. The van der Waals surface area contributed by atoms with Gasteiger partial charge in [0.25, 0.3) is 0 Å². The second kappa shape index (κ2) is 13.8. The fraction of sp³-hybridized carbons (Fsp3) is 0.0351. The molecule has 0 amide bonds. The van der Waals surface area contributed by atoms with Crippen LogP contribution < -0.4 is 0 Å². The molecular formula is C57H40N4. The lowest BCUT2D eigenvalue weighted by molar-refractivity contribution is 1.10. The molecule has 0 fully saturated rings. The van der Waals surface area contributed by atoms with Crippen molar-refractivity contribution in [2.75, 3.05) is 0 Å². The summed E-state index contributed by atoms with van der Waals surface area (Å²) >= 11 is 0. The van der Waals surface area contributed by atoms with Crippen LogP contribution in [0.4, 0.5) is 0 Å². The molecule has 0 aliphatic carbocycles. The number of hydrogen-bond acceptors (Lipinski definition) is 1. The van der Waals surface area contributed by atoms with Crippen LogP contribution in [0, 0.1) is 13.8 Å². The Morgan fingerprint density at radius 2 is 0.738 bits per heavy atom. The van der Waals surface area contributed by atoms with Crippen LogP contribution >= 0.6 is 0 Å². The third-order valence-electron chi connectivity index (χ3n) is 12.4. The quantitative estimate of drug-likeness (QED) is 0.165. The number of fused-ring (bicyclic) bond motifs is 7. The molecule has 0 saturated carbocycles. The SMILES string of the molecule is Cc1cccc(C)c1-c1cc(-c2cc(-n3c4ccccc4c4ccccc43)cc(-n3c4ccccc4c4ccccc43)c2)cc(-c2nc3ccccc3n2-c2ccccc2)c1. The lowest BCUT2D eigenvalue weighted by atomic mass is 9.91. The minimum absolute atomic E-state index is 0.905. The van der Waals surface area contributed by atoms with Crippen LogP contribution in [0.1, 0.15) is 11.1 Å². The van der Waals surface area contributed by atoms with Crippen molar-refractivity contribution in [1.82, 2.24) is 18.7 Å². The van der Waals surface area contributed by atoms with E-state index in [4.69, 9.17) is 4.98 Å². The predicted molar refractivity (Wildman–Crippen MR) is 256 cm³/mol. The van der Waals surface area contributed by atoms with Gasteiger partial charge in [-0.1, -0.05) is 121 Å². The highest BCUT2D eigenvalue weighted by atomic mass is 15.1. The molecule has 0 spiro atoms. The summed E-state index contributed by atoms with van der Waals surface area (Å²) in [6.45, 7) is 4.44. The van der Waals surface area contributed by atoms with E-state index in [0.717, 1.165) is 56.2 Å². The average molecular weight is 781 g/mol. The number of hydrogen-bond donors (Lipinski definition) is 0. The molecule has 61 heavy (non-hydrogen) atoms. The Labute approximate surface area is 353 Å². The van der Waals surface area contributed by atoms with E-state index in [-0.39, 0.29) is 0 Å². The van der Waals surface area contributed by atoms with Crippen molar-refractivity contribution in [3.63, 3.8) is 0 Å². The summed E-state index contributed by atoms with van der Waals surface area (Å²) in [5, 5.41) is 4.95. The Morgan fingerprint density at radius 1 is 0.311 bits per heavy atom. The molecule has 12 rings (SSSR count). The molecule has 4 heteroatoms. The molecule has 9 aromatic carbocycles. The molecule has 0 unspecified atom stereocenters. The van der Waals surface area contributed by atoms with Crippen molar-refractivity contribution in [2.45, 2.75) is 13.8 Å². The fourth-order valence-electron chi connectivity index (χ4n) is 9.82. The number of aromatic nitrogens is 4. The van der Waals surface area contributed by atoms with Crippen molar-refractivity contribution >= 4 is 54.6 Å². The summed E-state index contributed by atoms with van der Waals surface area (Å²) < 4.78 is 7.19. The second-order valence-corrected chi connectivity index (χ2v) is 16.1. The molecule has 0 bridgehead atoms. The van der Waals surface area contributed by atoms with Crippen molar-refractivity contribution < 1.29 is 0 Å². The standard InChI is InChI=1S/C57H40N4/c1-37-17-16-18-38(2)56(37)41-31-39(32-42(33-41)57-58-50-25-10-15-30-55(50)61(57)43-19-4-3-5-20-43)40-34-44(59-51-26-11-6-21-46(51)47-22-7-12-27-52(47)59)36-45(35-40)60-53-28-13-8-23-48(53)49-24-9-14-29-54(49)60/h3-36H,1-2H3. The molecule has 0 aliphatic heterocycles. The number of benzene rings is 9. The van der Waals surface area contributed by atoms with Gasteiger partial charge in [0.2, 0.25) is 0 Å². The largest absolute Gasteiger partial charge is 0.309 e. The number of rotatable bonds is 6. The first-order chi connectivity index (χ1) is 30.1.